The lowest BCUT2D eigenvalue weighted by molar-refractivity contribution is -0.125. The number of imide groups is 1. The number of carbonyl (C=O) groups excluding carboxylic acids is 2. The van der Waals surface area contributed by atoms with Crippen molar-refractivity contribution in [1.29, 1.82) is 0 Å². The van der Waals surface area contributed by atoms with Crippen molar-refractivity contribution < 1.29 is 9.59 Å². The molecule has 1 unspecified atom stereocenters. The van der Waals surface area contributed by atoms with Gasteiger partial charge in [-0.25, -0.2) is 4.79 Å². The van der Waals surface area contributed by atoms with Crippen LogP contribution in [-0.4, -0.2) is 53.5 Å². The van der Waals surface area contributed by atoms with Crippen molar-refractivity contribution in [3.63, 3.8) is 0 Å². The SMILES string of the molecule is CN1CCCCC1CCN1C(=O)NC(=O)C1(C)C. The molecule has 2 rings (SSSR count). The molecule has 2 saturated heterocycles. The average molecular weight is 253 g/mol. The maximum absolute atomic E-state index is 11.7. The van der Waals surface area contributed by atoms with Crippen molar-refractivity contribution in [2.24, 2.45) is 0 Å². The number of nitrogens with one attached hydrogen (secondary N) is 1. The fourth-order valence-corrected chi connectivity index (χ4v) is 2.86. The molecule has 102 valence electrons. The van der Waals surface area contributed by atoms with Crippen LogP contribution in [0, 0.1) is 0 Å². The third-order valence-electron chi connectivity index (χ3n) is 4.30. The standard InChI is InChI=1S/C13H23N3O2/c1-13(2)11(17)14-12(18)16(13)9-7-10-6-4-5-8-15(10)3/h10H,4-9H2,1-3H3,(H,14,17,18). The van der Waals surface area contributed by atoms with Gasteiger partial charge in [0.15, 0.2) is 0 Å². The smallest absolute Gasteiger partial charge is 0.310 e. The second kappa shape index (κ2) is 4.88. The highest BCUT2D eigenvalue weighted by atomic mass is 16.2. The van der Waals surface area contributed by atoms with Crippen molar-refractivity contribution >= 4 is 11.9 Å². The van der Waals surface area contributed by atoms with Gasteiger partial charge in [-0.15, -0.1) is 0 Å². The minimum atomic E-state index is -0.704. The van der Waals surface area contributed by atoms with Crippen LogP contribution >= 0.6 is 0 Å². The van der Waals surface area contributed by atoms with Crippen LogP contribution in [0.1, 0.15) is 39.5 Å². The molecular formula is C13H23N3O2. The van der Waals surface area contributed by atoms with Gasteiger partial charge in [0.05, 0.1) is 0 Å². The predicted octanol–water partition coefficient (Wildman–Crippen LogP) is 1.19. The van der Waals surface area contributed by atoms with Gasteiger partial charge in [0.2, 0.25) is 0 Å². The van der Waals surface area contributed by atoms with Crippen LogP contribution in [0.4, 0.5) is 4.79 Å². The van der Waals surface area contributed by atoms with Crippen LogP contribution in [0.3, 0.4) is 0 Å². The lowest BCUT2D eigenvalue weighted by Gasteiger charge is -2.35. The highest BCUT2D eigenvalue weighted by molar-refractivity contribution is 6.06. The molecule has 3 amide bonds. The summed E-state index contributed by atoms with van der Waals surface area (Å²) in [5.41, 5.74) is -0.704. The van der Waals surface area contributed by atoms with Gasteiger partial charge in [0, 0.05) is 12.6 Å². The highest BCUT2D eigenvalue weighted by Gasteiger charge is 2.45. The number of rotatable bonds is 3. The van der Waals surface area contributed by atoms with Crippen LogP contribution in [0.15, 0.2) is 0 Å². The zero-order valence-corrected chi connectivity index (χ0v) is 11.5. The fourth-order valence-electron chi connectivity index (χ4n) is 2.86. The molecule has 0 aliphatic carbocycles. The Labute approximate surface area is 108 Å². The minimum absolute atomic E-state index is 0.190. The monoisotopic (exact) mass is 253 g/mol. The zero-order chi connectivity index (χ0) is 13.3. The summed E-state index contributed by atoms with van der Waals surface area (Å²) in [6.45, 7) is 5.40. The predicted molar refractivity (Wildman–Crippen MR) is 69.2 cm³/mol. The fraction of sp³-hybridized carbons (Fsp3) is 0.846. The lowest BCUT2D eigenvalue weighted by Crippen LogP contribution is -2.47. The van der Waals surface area contributed by atoms with E-state index in [0.717, 1.165) is 13.0 Å². The van der Waals surface area contributed by atoms with Gasteiger partial charge in [-0.1, -0.05) is 6.42 Å². The molecule has 2 heterocycles. The number of piperidine rings is 1. The van der Waals surface area contributed by atoms with Crippen molar-refractivity contribution in [3.05, 3.63) is 0 Å². The number of amides is 3. The summed E-state index contributed by atoms with van der Waals surface area (Å²) in [7, 11) is 2.14. The van der Waals surface area contributed by atoms with Crippen molar-refractivity contribution in [2.75, 3.05) is 20.1 Å². The number of nitrogens with zero attached hydrogens (tertiary/aromatic N) is 2. The number of urea groups is 1. The van der Waals surface area contributed by atoms with Crippen molar-refractivity contribution in [3.8, 4) is 0 Å². The molecule has 0 aromatic carbocycles. The molecule has 0 aromatic heterocycles. The molecule has 1 atom stereocenters. The molecule has 0 saturated carbocycles. The van der Waals surface area contributed by atoms with E-state index in [1.54, 1.807) is 18.7 Å². The number of likely N-dealkylation sites (tertiary alicyclic amines) is 1. The van der Waals surface area contributed by atoms with E-state index in [0.29, 0.717) is 12.6 Å². The maximum Gasteiger partial charge on any atom is 0.324 e. The summed E-state index contributed by atoms with van der Waals surface area (Å²) < 4.78 is 0. The summed E-state index contributed by atoms with van der Waals surface area (Å²) in [6.07, 6.45) is 4.67. The number of hydrogen-bond acceptors (Lipinski definition) is 3. The highest BCUT2D eigenvalue weighted by Crippen LogP contribution is 2.24. The first-order valence-electron chi connectivity index (χ1n) is 6.76. The summed E-state index contributed by atoms with van der Waals surface area (Å²) >= 11 is 0. The van der Waals surface area contributed by atoms with Gasteiger partial charge < -0.3 is 9.80 Å². The van der Waals surface area contributed by atoms with Crippen LogP contribution in [0.5, 0.6) is 0 Å². The molecule has 2 fully saturated rings. The second-order valence-corrected chi connectivity index (χ2v) is 5.89. The molecular weight excluding hydrogens is 230 g/mol. The van der Waals surface area contributed by atoms with Gasteiger partial charge in [-0.3, -0.25) is 10.1 Å². The van der Waals surface area contributed by atoms with Crippen molar-refractivity contribution in [1.82, 2.24) is 15.1 Å². The van der Waals surface area contributed by atoms with E-state index >= 15 is 0 Å². The van der Waals surface area contributed by atoms with Gasteiger partial charge in [0.25, 0.3) is 5.91 Å². The number of hydrogen-bond donors (Lipinski definition) is 1. The average Bonchev–Trinajstić information content (AvgIpc) is 2.49. The van der Waals surface area contributed by atoms with E-state index in [-0.39, 0.29) is 11.9 Å². The summed E-state index contributed by atoms with van der Waals surface area (Å²) in [4.78, 5) is 27.4. The minimum Gasteiger partial charge on any atom is -0.310 e. The normalized spacial score (nSPS) is 28.6. The Morgan fingerprint density at radius 2 is 2.06 bits per heavy atom. The third-order valence-corrected chi connectivity index (χ3v) is 4.30. The first-order chi connectivity index (χ1) is 8.43. The molecule has 5 nitrogen and oxygen atoms in total. The molecule has 18 heavy (non-hydrogen) atoms. The topological polar surface area (TPSA) is 52.6 Å². The molecule has 0 aromatic rings. The van der Waals surface area contributed by atoms with Crippen LogP contribution in [-0.2, 0) is 4.79 Å². The Morgan fingerprint density at radius 1 is 1.33 bits per heavy atom. The molecule has 2 aliphatic rings. The van der Waals surface area contributed by atoms with Crippen LogP contribution < -0.4 is 5.32 Å². The zero-order valence-electron chi connectivity index (χ0n) is 11.5. The van der Waals surface area contributed by atoms with E-state index in [4.69, 9.17) is 0 Å². The summed E-state index contributed by atoms with van der Waals surface area (Å²) in [5.74, 6) is -0.190. The van der Waals surface area contributed by atoms with Gasteiger partial charge in [-0.2, -0.15) is 0 Å². The summed E-state index contributed by atoms with van der Waals surface area (Å²) in [6, 6.07) is 0.293. The lowest BCUT2D eigenvalue weighted by atomic mass is 9.98. The third kappa shape index (κ3) is 2.36. The van der Waals surface area contributed by atoms with E-state index in [9.17, 15) is 9.59 Å². The Hall–Kier alpha value is -1.10. The Balaban J connectivity index is 1.93. The van der Waals surface area contributed by atoms with Gasteiger partial charge in [-0.05, 0) is 46.7 Å². The largest absolute Gasteiger partial charge is 0.324 e. The van der Waals surface area contributed by atoms with E-state index < -0.39 is 5.54 Å². The first kappa shape index (κ1) is 13.3. The molecule has 2 aliphatic heterocycles. The van der Waals surface area contributed by atoms with Crippen LogP contribution in [0.25, 0.3) is 0 Å². The van der Waals surface area contributed by atoms with E-state index in [1.165, 1.54) is 19.3 Å². The Kier molecular flexibility index (Phi) is 3.61. The van der Waals surface area contributed by atoms with E-state index in [1.807, 2.05) is 0 Å². The molecule has 0 radical (unpaired) electrons. The quantitative estimate of drug-likeness (QED) is 0.769. The van der Waals surface area contributed by atoms with Gasteiger partial charge >= 0.3 is 6.03 Å². The van der Waals surface area contributed by atoms with Crippen molar-refractivity contribution in [2.45, 2.75) is 51.1 Å². The number of carbonyl (C=O) groups is 2. The molecule has 5 heteroatoms. The first-order valence-corrected chi connectivity index (χ1v) is 6.76. The Morgan fingerprint density at radius 3 is 2.61 bits per heavy atom. The molecule has 0 spiro atoms. The van der Waals surface area contributed by atoms with Crippen LogP contribution in [0.2, 0.25) is 0 Å². The van der Waals surface area contributed by atoms with Gasteiger partial charge in [0.1, 0.15) is 5.54 Å². The molecule has 1 N–H and O–H groups in total. The second-order valence-electron chi connectivity index (χ2n) is 5.89. The summed E-state index contributed by atoms with van der Waals surface area (Å²) in [5, 5.41) is 2.39. The van der Waals surface area contributed by atoms with E-state index in [2.05, 4.69) is 17.3 Å². The molecule has 0 bridgehead atoms. The maximum atomic E-state index is 11.7. The Bertz CT molecular complexity index is 354.